The van der Waals surface area contributed by atoms with Gasteiger partial charge in [0.25, 0.3) is 0 Å². The van der Waals surface area contributed by atoms with Crippen LogP contribution in [-0.2, 0) is 6.54 Å². The van der Waals surface area contributed by atoms with Crippen LogP contribution in [0.3, 0.4) is 0 Å². The molecule has 0 aromatic heterocycles. The summed E-state index contributed by atoms with van der Waals surface area (Å²) in [5.74, 6) is 0. The van der Waals surface area contributed by atoms with Gasteiger partial charge in [0.15, 0.2) is 0 Å². The molecule has 3 N–H and O–H groups in total. The first-order valence-electron chi connectivity index (χ1n) is 14.4. The lowest BCUT2D eigenvalue weighted by Gasteiger charge is -2.25. The summed E-state index contributed by atoms with van der Waals surface area (Å²) >= 11 is 0. The van der Waals surface area contributed by atoms with Crippen LogP contribution in [0.1, 0.15) is 83.6 Å². The standard InChI is InChI=1S/C31H49N5O2.ClH/c1-5-7-9-11-15-23-32-30(37)34-29-18-14-13-17-26(29)25-36(28-21-19-27(20-22-28)35(3)4)31(38)33-24-16-12-10-8-6-2;/h13-14,17-22H,5-12,15-16,23-25H2,1-4H3,(H,33,38)(H2,32,34,37);1H. The van der Waals surface area contributed by atoms with E-state index in [1.807, 2.05) is 67.5 Å². The highest BCUT2D eigenvalue weighted by atomic mass is 35.5. The van der Waals surface area contributed by atoms with Crippen molar-refractivity contribution in [2.75, 3.05) is 42.3 Å². The fraction of sp³-hybridized carbons (Fsp3) is 0.548. The number of anilines is 3. The molecular formula is C31H50ClN5O2. The van der Waals surface area contributed by atoms with Gasteiger partial charge >= 0.3 is 12.1 Å². The average Bonchev–Trinajstić information content (AvgIpc) is 2.92. The largest absolute Gasteiger partial charge is 0.378 e. The van der Waals surface area contributed by atoms with Crippen LogP contribution in [0.4, 0.5) is 26.7 Å². The molecule has 0 saturated heterocycles. The predicted octanol–water partition coefficient (Wildman–Crippen LogP) is 7.95. The number of nitrogens with one attached hydrogen (secondary N) is 3. The predicted molar refractivity (Wildman–Crippen MR) is 169 cm³/mol. The Kier molecular flexibility index (Phi) is 17.5. The van der Waals surface area contributed by atoms with E-state index in [4.69, 9.17) is 0 Å². The number of urea groups is 2. The lowest BCUT2D eigenvalue weighted by Crippen LogP contribution is -2.40. The van der Waals surface area contributed by atoms with E-state index in [0.29, 0.717) is 25.3 Å². The topological polar surface area (TPSA) is 76.7 Å². The maximum atomic E-state index is 13.3. The second-order valence-electron chi connectivity index (χ2n) is 10.1. The number of nitrogens with zero attached hydrogens (tertiary/aromatic N) is 2. The highest BCUT2D eigenvalue weighted by Crippen LogP contribution is 2.24. The number of rotatable bonds is 17. The summed E-state index contributed by atoms with van der Waals surface area (Å²) in [6.07, 6.45) is 11.5. The molecule has 0 aliphatic rings. The number of benzene rings is 2. The summed E-state index contributed by atoms with van der Waals surface area (Å²) in [6, 6.07) is 15.3. The van der Waals surface area contributed by atoms with Crippen molar-refractivity contribution in [3.05, 3.63) is 54.1 Å². The van der Waals surface area contributed by atoms with Crippen molar-refractivity contribution in [1.82, 2.24) is 10.6 Å². The third kappa shape index (κ3) is 13.1. The molecule has 0 radical (unpaired) electrons. The molecule has 0 heterocycles. The Morgan fingerprint density at radius 1 is 0.692 bits per heavy atom. The Morgan fingerprint density at radius 3 is 1.82 bits per heavy atom. The fourth-order valence-electron chi connectivity index (χ4n) is 4.28. The third-order valence-corrected chi connectivity index (χ3v) is 6.64. The molecule has 0 unspecified atom stereocenters. The van der Waals surface area contributed by atoms with Crippen LogP contribution in [0.2, 0.25) is 0 Å². The molecule has 0 atom stereocenters. The molecule has 2 aromatic rings. The van der Waals surface area contributed by atoms with Crippen LogP contribution in [0.15, 0.2) is 48.5 Å². The van der Waals surface area contributed by atoms with Gasteiger partial charge in [-0.15, -0.1) is 12.4 Å². The van der Waals surface area contributed by atoms with Gasteiger partial charge in [-0.1, -0.05) is 83.4 Å². The summed E-state index contributed by atoms with van der Waals surface area (Å²) in [6.45, 7) is 6.04. The van der Waals surface area contributed by atoms with Gasteiger partial charge in [0.05, 0.1) is 6.54 Å². The zero-order valence-electron chi connectivity index (χ0n) is 24.4. The van der Waals surface area contributed by atoms with E-state index < -0.39 is 0 Å². The second-order valence-corrected chi connectivity index (χ2v) is 10.1. The average molecular weight is 560 g/mol. The number of carbonyl (C=O) groups excluding carboxylic acids is 2. The quantitative estimate of drug-likeness (QED) is 0.172. The van der Waals surface area contributed by atoms with Crippen LogP contribution in [0.5, 0.6) is 0 Å². The second kappa shape index (κ2) is 20.0. The van der Waals surface area contributed by atoms with Gasteiger partial charge in [0.2, 0.25) is 0 Å². The van der Waals surface area contributed by atoms with Gasteiger partial charge in [0.1, 0.15) is 0 Å². The number of para-hydroxylation sites is 1. The molecule has 4 amide bonds. The number of halogens is 1. The van der Waals surface area contributed by atoms with E-state index in [9.17, 15) is 9.59 Å². The van der Waals surface area contributed by atoms with Gasteiger partial charge in [-0.05, 0) is 48.7 Å². The Hall–Kier alpha value is -2.93. The van der Waals surface area contributed by atoms with Crippen molar-refractivity contribution in [2.24, 2.45) is 0 Å². The SMILES string of the molecule is CCCCCCCNC(=O)Nc1ccccc1CN(C(=O)NCCCCCCC)c1ccc(N(C)C)cc1.Cl. The van der Waals surface area contributed by atoms with Gasteiger partial charge in [0, 0.05) is 44.2 Å². The molecule has 8 heteroatoms. The zero-order chi connectivity index (χ0) is 27.6. The summed E-state index contributed by atoms with van der Waals surface area (Å²) < 4.78 is 0. The van der Waals surface area contributed by atoms with Crippen LogP contribution in [-0.4, -0.2) is 39.2 Å². The van der Waals surface area contributed by atoms with Gasteiger partial charge in [-0.3, -0.25) is 4.90 Å². The van der Waals surface area contributed by atoms with E-state index >= 15 is 0 Å². The molecular weight excluding hydrogens is 510 g/mol. The van der Waals surface area contributed by atoms with Crippen molar-refractivity contribution in [1.29, 1.82) is 0 Å². The van der Waals surface area contributed by atoms with E-state index in [1.54, 1.807) is 4.90 Å². The minimum Gasteiger partial charge on any atom is -0.378 e. The molecule has 39 heavy (non-hydrogen) atoms. The summed E-state index contributed by atoms with van der Waals surface area (Å²) in [4.78, 5) is 29.7. The number of carbonyl (C=O) groups is 2. The Bertz CT molecular complexity index is 952. The van der Waals surface area contributed by atoms with Gasteiger partial charge < -0.3 is 20.9 Å². The number of amides is 4. The van der Waals surface area contributed by atoms with Crippen molar-refractivity contribution in [2.45, 2.75) is 84.6 Å². The lowest BCUT2D eigenvalue weighted by molar-refractivity contribution is 0.245. The monoisotopic (exact) mass is 559 g/mol. The zero-order valence-corrected chi connectivity index (χ0v) is 25.2. The first-order valence-corrected chi connectivity index (χ1v) is 14.4. The first kappa shape index (κ1) is 34.1. The smallest absolute Gasteiger partial charge is 0.322 e. The Morgan fingerprint density at radius 2 is 1.23 bits per heavy atom. The Labute approximate surface area is 242 Å². The molecule has 0 fully saturated rings. The van der Waals surface area contributed by atoms with Crippen LogP contribution >= 0.6 is 12.4 Å². The van der Waals surface area contributed by atoms with E-state index in [-0.39, 0.29) is 24.5 Å². The number of unbranched alkanes of at least 4 members (excludes halogenated alkanes) is 8. The van der Waals surface area contributed by atoms with Crippen molar-refractivity contribution < 1.29 is 9.59 Å². The molecule has 0 bridgehead atoms. The van der Waals surface area contributed by atoms with Crippen molar-refractivity contribution >= 4 is 41.5 Å². The molecule has 0 aliphatic carbocycles. The maximum Gasteiger partial charge on any atom is 0.322 e. The molecule has 2 aromatic carbocycles. The molecule has 0 spiro atoms. The molecule has 0 aliphatic heterocycles. The van der Waals surface area contributed by atoms with E-state index in [2.05, 4.69) is 29.8 Å². The van der Waals surface area contributed by atoms with Crippen molar-refractivity contribution in [3.8, 4) is 0 Å². The summed E-state index contributed by atoms with van der Waals surface area (Å²) in [5.41, 5.74) is 3.46. The number of hydrogen-bond acceptors (Lipinski definition) is 3. The maximum absolute atomic E-state index is 13.3. The van der Waals surface area contributed by atoms with Gasteiger partial charge in [-0.25, -0.2) is 9.59 Å². The lowest BCUT2D eigenvalue weighted by atomic mass is 10.1. The summed E-state index contributed by atoms with van der Waals surface area (Å²) in [7, 11) is 3.99. The number of hydrogen-bond donors (Lipinski definition) is 3. The minimum atomic E-state index is -0.216. The summed E-state index contributed by atoms with van der Waals surface area (Å²) in [5, 5.41) is 9.05. The van der Waals surface area contributed by atoms with Crippen molar-refractivity contribution in [3.63, 3.8) is 0 Å². The fourth-order valence-corrected chi connectivity index (χ4v) is 4.28. The first-order chi connectivity index (χ1) is 18.5. The molecule has 218 valence electrons. The highest BCUT2D eigenvalue weighted by Gasteiger charge is 2.18. The van der Waals surface area contributed by atoms with Crippen LogP contribution < -0.4 is 25.8 Å². The van der Waals surface area contributed by atoms with E-state index in [1.165, 1.54) is 38.5 Å². The highest BCUT2D eigenvalue weighted by molar-refractivity contribution is 5.93. The molecule has 7 nitrogen and oxygen atoms in total. The van der Waals surface area contributed by atoms with Crippen LogP contribution in [0.25, 0.3) is 0 Å². The minimum absolute atomic E-state index is 0. The van der Waals surface area contributed by atoms with Gasteiger partial charge in [-0.2, -0.15) is 0 Å². The van der Waals surface area contributed by atoms with E-state index in [0.717, 1.165) is 42.6 Å². The Balaban J connectivity index is 0.00000760. The normalized spacial score (nSPS) is 10.4. The molecule has 2 rings (SSSR count). The third-order valence-electron chi connectivity index (χ3n) is 6.64. The molecule has 0 saturated carbocycles. The van der Waals surface area contributed by atoms with Crippen LogP contribution in [0, 0.1) is 0 Å².